The number of hydrogen-bond acceptors (Lipinski definition) is 3. The molecule has 0 bridgehead atoms. The van der Waals surface area contributed by atoms with E-state index in [-0.39, 0.29) is 0 Å². The van der Waals surface area contributed by atoms with Gasteiger partial charge in [-0.15, -0.1) is 0 Å². The summed E-state index contributed by atoms with van der Waals surface area (Å²) in [6, 6.07) is 8.45. The summed E-state index contributed by atoms with van der Waals surface area (Å²) in [7, 11) is 1.97. The second-order valence-corrected chi connectivity index (χ2v) is 4.88. The fourth-order valence-electron chi connectivity index (χ4n) is 2.19. The highest BCUT2D eigenvalue weighted by molar-refractivity contribution is 5.63. The molecule has 0 aliphatic carbocycles. The van der Waals surface area contributed by atoms with Crippen LogP contribution in [0.3, 0.4) is 0 Å². The molecular weight excluding hydrogens is 234 g/mol. The standard InChI is InChI=1S/C16H21N3/c1-12-6-7-14(13(2)11-12)15-8-10-18-16(19-15)5-4-9-17-3/h6-8,10-11,17H,4-5,9H2,1-3H3. The van der Waals surface area contributed by atoms with Crippen LogP contribution in [0.4, 0.5) is 0 Å². The average Bonchev–Trinajstić information content (AvgIpc) is 2.39. The third-order valence-corrected chi connectivity index (χ3v) is 3.19. The SMILES string of the molecule is CNCCCc1nccc(-c2ccc(C)cc2C)n1. The van der Waals surface area contributed by atoms with Gasteiger partial charge in [0.2, 0.25) is 0 Å². The lowest BCUT2D eigenvalue weighted by atomic mass is 10.0. The Kier molecular flexibility index (Phi) is 4.63. The second-order valence-electron chi connectivity index (χ2n) is 4.88. The van der Waals surface area contributed by atoms with Crippen LogP contribution in [0.2, 0.25) is 0 Å². The normalized spacial score (nSPS) is 10.7. The van der Waals surface area contributed by atoms with Gasteiger partial charge in [-0.1, -0.05) is 23.8 Å². The Bertz CT molecular complexity index is 549. The number of aryl methyl sites for hydroxylation is 3. The van der Waals surface area contributed by atoms with Gasteiger partial charge in [-0.05, 0) is 45.5 Å². The maximum Gasteiger partial charge on any atom is 0.128 e. The third kappa shape index (κ3) is 3.61. The summed E-state index contributed by atoms with van der Waals surface area (Å²) < 4.78 is 0. The lowest BCUT2D eigenvalue weighted by molar-refractivity contribution is 0.702. The van der Waals surface area contributed by atoms with Gasteiger partial charge >= 0.3 is 0 Å². The molecule has 3 nitrogen and oxygen atoms in total. The number of nitrogens with one attached hydrogen (secondary N) is 1. The molecule has 2 rings (SSSR count). The van der Waals surface area contributed by atoms with Gasteiger partial charge in [-0.3, -0.25) is 0 Å². The van der Waals surface area contributed by atoms with Crippen LogP contribution in [0, 0.1) is 13.8 Å². The summed E-state index contributed by atoms with van der Waals surface area (Å²) in [5, 5.41) is 3.14. The zero-order valence-corrected chi connectivity index (χ0v) is 11.9. The minimum absolute atomic E-state index is 0.916. The molecule has 0 fully saturated rings. The maximum atomic E-state index is 4.67. The number of nitrogens with zero attached hydrogens (tertiary/aromatic N) is 2. The number of benzene rings is 1. The third-order valence-electron chi connectivity index (χ3n) is 3.19. The molecule has 0 amide bonds. The van der Waals surface area contributed by atoms with Gasteiger partial charge in [0.1, 0.15) is 5.82 Å². The van der Waals surface area contributed by atoms with E-state index in [9.17, 15) is 0 Å². The molecule has 0 radical (unpaired) electrons. The fraction of sp³-hybridized carbons (Fsp3) is 0.375. The highest BCUT2D eigenvalue weighted by Crippen LogP contribution is 2.22. The number of hydrogen-bond donors (Lipinski definition) is 1. The van der Waals surface area contributed by atoms with E-state index in [0.717, 1.165) is 30.9 Å². The van der Waals surface area contributed by atoms with Gasteiger partial charge in [-0.2, -0.15) is 0 Å². The van der Waals surface area contributed by atoms with Crippen molar-refractivity contribution >= 4 is 0 Å². The van der Waals surface area contributed by atoms with Crippen molar-refractivity contribution in [2.24, 2.45) is 0 Å². The van der Waals surface area contributed by atoms with Gasteiger partial charge in [0.05, 0.1) is 5.69 Å². The molecule has 3 heteroatoms. The highest BCUT2D eigenvalue weighted by Gasteiger charge is 2.05. The van der Waals surface area contributed by atoms with Crippen LogP contribution in [0.15, 0.2) is 30.5 Å². The Hall–Kier alpha value is -1.74. The molecule has 0 atom stereocenters. The molecule has 2 aromatic rings. The summed E-state index contributed by atoms with van der Waals surface area (Å²) in [4.78, 5) is 9.01. The van der Waals surface area contributed by atoms with E-state index in [0.29, 0.717) is 0 Å². The predicted octanol–water partition coefficient (Wildman–Crippen LogP) is 2.91. The van der Waals surface area contributed by atoms with Crippen LogP contribution in [0.5, 0.6) is 0 Å². The van der Waals surface area contributed by atoms with Gasteiger partial charge in [0.15, 0.2) is 0 Å². The van der Waals surface area contributed by atoms with E-state index >= 15 is 0 Å². The van der Waals surface area contributed by atoms with Crippen molar-refractivity contribution in [3.05, 3.63) is 47.4 Å². The lowest BCUT2D eigenvalue weighted by Gasteiger charge is -2.07. The molecular formula is C16H21N3. The Balaban J connectivity index is 2.22. The summed E-state index contributed by atoms with van der Waals surface area (Å²) in [5.41, 5.74) is 4.76. The number of rotatable bonds is 5. The largest absolute Gasteiger partial charge is 0.320 e. The van der Waals surface area contributed by atoms with E-state index in [1.54, 1.807) is 0 Å². The van der Waals surface area contributed by atoms with Crippen LogP contribution in [-0.4, -0.2) is 23.6 Å². The van der Waals surface area contributed by atoms with E-state index < -0.39 is 0 Å². The quantitative estimate of drug-likeness (QED) is 0.835. The van der Waals surface area contributed by atoms with Crippen molar-refractivity contribution in [3.63, 3.8) is 0 Å². The lowest BCUT2D eigenvalue weighted by Crippen LogP contribution is -2.09. The molecule has 19 heavy (non-hydrogen) atoms. The van der Waals surface area contributed by atoms with Crippen molar-refractivity contribution in [1.82, 2.24) is 15.3 Å². The molecule has 0 saturated carbocycles. The van der Waals surface area contributed by atoms with Crippen molar-refractivity contribution in [2.45, 2.75) is 26.7 Å². The first-order chi connectivity index (χ1) is 9.20. The minimum Gasteiger partial charge on any atom is -0.320 e. The van der Waals surface area contributed by atoms with Gasteiger partial charge in [-0.25, -0.2) is 9.97 Å². The van der Waals surface area contributed by atoms with Gasteiger partial charge in [0.25, 0.3) is 0 Å². The average molecular weight is 255 g/mol. The molecule has 0 aliphatic heterocycles. The van der Waals surface area contributed by atoms with Crippen molar-refractivity contribution in [3.8, 4) is 11.3 Å². The van der Waals surface area contributed by atoms with E-state index in [2.05, 4.69) is 47.3 Å². The maximum absolute atomic E-state index is 4.67. The van der Waals surface area contributed by atoms with Crippen molar-refractivity contribution < 1.29 is 0 Å². The second kappa shape index (κ2) is 6.43. The van der Waals surface area contributed by atoms with Crippen LogP contribution >= 0.6 is 0 Å². The van der Waals surface area contributed by atoms with Crippen LogP contribution in [0.25, 0.3) is 11.3 Å². The van der Waals surface area contributed by atoms with E-state index in [4.69, 9.17) is 0 Å². The molecule has 0 unspecified atom stereocenters. The molecule has 0 spiro atoms. The molecule has 1 aromatic heterocycles. The van der Waals surface area contributed by atoms with Gasteiger partial charge < -0.3 is 5.32 Å². The van der Waals surface area contributed by atoms with Crippen LogP contribution < -0.4 is 5.32 Å². The molecule has 0 saturated heterocycles. The molecule has 100 valence electrons. The first kappa shape index (κ1) is 13.7. The predicted molar refractivity (Wildman–Crippen MR) is 79.2 cm³/mol. The smallest absolute Gasteiger partial charge is 0.128 e. The monoisotopic (exact) mass is 255 g/mol. The topological polar surface area (TPSA) is 37.8 Å². The Labute approximate surface area is 115 Å². The Morgan fingerprint density at radius 3 is 2.74 bits per heavy atom. The highest BCUT2D eigenvalue weighted by atomic mass is 14.9. The van der Waals surface area contributed by atoms with Crippen LogP contribution in [-0.2, 0) is 6.42 Å². The zero-order chi connectivity index (χ0) is 13.7. The summed E-state index contributed by atoms with van der Waals surface area (Å²) in [6.07, 6.45) is 3.84. The summed E-state index contributed by atoms with van der Waals surface area (Å²) >= 11 is 0. The van der Waals surface area contributed by atoms with E-state index in [1.165, 1.54) is 16.7 Å². The summed E-state index contributed by atoms with van der Waals surface area (Å²) in [5.74, 6) is 0.924. The Morgan fingerprint density at radius 1 is 1.16 bits per heavy atom. The minimum atomic E-state index is 0.916. The molecule has 1 heterocycles. The Morgan fingerprint density at radius 2 is 2.00 bits per heavy atom. The molecule has 0 aliphatic rings. The van der Waals surface area contributed by atoms with Crippen molar-refractivity contribution in [1.29, 1.82) is 0 Å². The van der Waals surface area contributed by atoms with Gasteiger partial charge in [0, 0.05) is 18.2 Å². The van der Waals surface area contributed by atoms with Crippen LogP contribution in [0.1, 0.15) is 23.4 Å². The summed E-state index contributed by atoms with van der Waals surface area (Å²) in [6.45, 7) is 5.24. The van der Waals surface area contributed by atoms with E-state index in [1.807, 2.05) is 19.3 Å². The molecule has 1 N–H and O–H groups in total. The molecule has 1 aromatic carbocycles. The first-order valence-corrected chi connectivity index (χ1v) is 6.75. The first-order valence-electron chi connectivity index (χ1n) is 6.75. The zero-order valence-electron chi connectivity index (χ0n) is 11.9. The number of aromatic nitrogens is 2. The van der Waals surface area contributed by atoms with Crippen molar-refractivity contribution in [2.75, 3.05) is 13.6 Å². The fourth-order valence-corrected chi connectivity index (χ4v) is 2.19.